The maximum absolute atomic E-state index is 13.5. The second kappa shape index (κ2) is 6.68. The first-order valence-corrected chi connectivity index (χ1v) is 7.93. The van der Waals surface area contributed by atoms with Gasteiger partial charge in [0.05, 0.1) is 17.8 Å². The molecule has 2 unspecified atom stereocenters. The van der Waals surface area contributed by atoms with Gasteiger partial charge in [-0.25, -0.2) is 9.07 Å². The van der Waals surface area contributed by atoms with Crippen molar-refractivity contribution in [3.05, 3.63) is 46.9 Å². The van der Waals surface area contributed by atoms with Gasteiger partial charge < -0.3 is 11.1 Å². The van der Waals surface area contributed by atoms with E-state index >= 15 is 0 Å². The quantitative estimate of drug-likeness (QED) is 0.901. The highest BCUT2D eigenvalue weighted by Gasteiger charge is 2.28. The van der Waals surface area contributed by atoms with Crippen molar-refractivity contribution in [3.63, 3.8) is 0 Å². The lowest BCUT2D eigenvalue weighted by Crippen LogP contribution is -2.24. The van der Waals surface area contributed by atoms with Crippen molar-refractivity contribution < 1.29 is 9.18 Å². The van der Waals surface area contributed by atoms with Gasteiger partial charge in [-0.15, -0.1) is 0 Å². The van der Waals surface area contributed by atoms with Crippen LogP contribution in [0.1, 0.15) is 24.8 Å². The molecule has 0 aliphatic heterocycles. The van der Waals surface area contributed by atoms with Crippen LogP contribution in [0.5, 0.6) is 0 Å². The minimum absolute atomic E-state index is 0.0398. The Hall–Kier alpha value is -1.92. The lowest BCUT2D eigenvalue weighted by molar-refractivity contribution is -0.119. The summed E-state index contributed by atoms with van der Waals surface area (Å²) in [7, 11) is 0. The van der Waals surface area contributed by atoms with E-state index in [1.165, 1.54) is 12.1 Å². The average Bonchev–Trinajstić information content (AvgIpc) is 3.13. The molecule has 1 aliphatic carbocycles. The molecule has 0 spiro atoms. The first kappa shape index (κ1) is 16.0. The van der Waals surface area contributed by atoms with Gasteiger partial charge in [-0.05, 0) is 37.0 Å². The first-order chi connectivity index (χ1) is 11.0. The number of carbonyl (C=O) groups excluding carboxylic acids is 1. The molecule has 23 heavy (non-hydrogen) atoms. The highest BCUT2D eigenvalue weighted by atomic mass is 35.5. The molecule has 3 rings (SSSR count). The molecule has 122 valence electrons. The molecule has 2 aromatic rings. The molecule has 1 aliphatic rings. The van der Waals surface area contributed by atoms with Crippen LogP contribution in [0.3, 0.4) is 0 Å². The number of nitrogens with two attached hydrogens (primary N) is 1. The summed E-state index contributed by atoms with van der Waals surface area (Å²) in [6.07, 6.45) is 4.00. The van der Waals surface area contributed by atoms with Gasteiger partial charge in [0, 0.05) is 18.0 Å². The summed E-state index contributed by atoms with van der Waals surface area (Å²) in [6, 6.07) is 6.43. The third-order valence-corrected chi connectivity index (χ3v) is 4.43. The predicted octanol–water partition coefficient (Wildman–Crippen LogP) is 2.79. The zero-order valence-corrected chi connectivity index (χ0v) is 13.3. The number of benzene rings is 1. The van der Waals surface area contributed by atoms with E-state index < -0.39 is 5.82 Å². The van der Waals surface area contributed by atoms with Crippen molar-refractivity contribution in [3.8, 4) is 0 Å². The second-order valence-corrected chi connectivity index (χ2v) is 6.29. The SMILES string of the molecule is NC1CCC(C(=O)Nc2ccnn2Cc2ccc(Cl)c(F)c2)C1. The van der Waals surface area contributed by atoms with E-state index in [1.54, 1.807) is 23.0 Å². The molecule has 0 radical (unpaired) electrons. The number of nitrogens with one attached hydrogen (secondary N) is 1. The van der Waals surface area contributed by atoms with Crippen LogP contribution in [0, 0.1) is 11.7 Å². The van der Waals surface area contributed by atoms with Crippen LogP contribution in [-0.2, 0) is 11.3 Å². The lowest BCUT2D eigenvalue weighted by Gasteiger charge is -2.13. The monoisotopic (exact) mass is 336 g/mol. The van der Waals surface area contributed by atoms with Gasteiger partial charge in [0.2, 0.25) is 5.91 Å². The Morgan fingerprint density at radius 2 is 2.26 bits per heavy atom. The van der Waals surface area contributed by atoms with Crippen molar-refractivity contribution in [2.24, 2.45) is 11.7 Å². The number of amides is 1. The molecule has 5 nitrogen and oxygen atoms in total. The fraction of sp³-hybridized carbons (Fsp3) is 0.375. The standard InChI is InChI=1S/C16H18ClFN4O/c17-13-4-1-10(7-14(13)18)9-22-15(5-6-20-22)21-16(23)11-2-3-12(19)8-11/h1,4-7,11-12H,2-3,8-9,19H2,(H,21,23). The van der Waals surface area contributed by atoms with Gasteiger partial charge in [0.1, 0.15) is 11.6 Å². The highest BCUT2D eigenvalue weighted by molar-refractivity contribution is 6.30. The topological polar surface area (TPSA) is 72.9 Å². The van der Waals surface area contributed by atoms with Gasteiger partial charge in [0.25, 0.3) is 0 Å². The Labute approximate surface area is 138 Å². The number of hydrogen-bond acceptors (Lipinski definition) is 3. The summed E-state index contributed by atoms with van der Waals surface area (Å²) >= 11 is 5.68. The van der Waals surface area contributed by atoms with E-state index in [1.807, 2.05) is 0 Å². The molecular formula is C16H18ClFN4O. The van der Waals surface area contributed by atoms with Crippen LogP contribution in [-0.4, -0.2) is 21.7 Å². The summed E-state index contributed by atoms with van der Waals surface area (Å²) in [5.41, 5.74) is 6.57. The largest absolute Gasteiger partial charge is 0.328 e. The van der Waals surface area contributed by atoms with E-state index in [4.69, 9.17) is 17.3 Å². The number of halogens is 2. The van der Waals surface area contributed by atoms with Crippen LogP contribution in [0.25, 0.3) is 0 Å². The molecule has 2 atom stereocenters. The van der Waals surface area contributed by atoms with E-state index in [0.29, 0.717) is 24.3 Å². The molecule has 1 heterocycles. The Bertz CT molecular complexity index is 718. The third kappa shape index (κ3) is 3.71. The van der Waals surface area contributed by atoms with Crippen molar-refractivity contribution >= 4 is 23.3 Å². The molecule has 3 N–H and O–H groups in total. The molecule has 7 heteroatoms. The fourth-order valence-corrected chi connectivity index (χ4v) is 2.98. The maximum Gasteiger partial charge on any atom is 0.228 e. The Morgan fingerprint density at radius 3 is 2.96 bits per heavy atom. The molecule has 1 aromatic carbocycles. The summed E-state index contributed by atoms with van der Waals surface area (Å²) in [4.78, 5) is 12.3. The summed E-state index contributed by atoms with van der Waals surface area (Å²) in [5, 5.41) is 7.15. The summed E-state index contributed by atoms with van der Waals surface area (Å²) in [5.74, 6) is 0.0241. The minimum Gasteiger partial charge on any atom is -0.328 e. The highest BCUT2D eigenvalue weighted by Crippen LogP contribution is 2.25. The van der Waals surface area contributed by atoms with Gasteiger partial charge in [-0.3, -0.25) is 4.79 Å². The minimum atomic E-state index is -0.471. The average molecular weight is 337 g/mol. The number of rotatable bonds is 4. The number of nitrogens with zero attached hydrogens (tertiary/aromatic N) is 2. The van der Waals surface area contributed by atoms with Crippen molar-refractivity contribution in [2.75, 3.05) is 5.32 Å². The molecule has 0 saturated heterocycles. The fourth-order valence-electron chi connectivity index (χ4n) is 2.86. The first-order valence-electron chi connectivity index (χ1n) is 7.55. The predicted molar refractivity (Wildman–Crippen MR) is 86.7 cm³/mol. The van der Waals surface area contributed by atoms with Gasteiger partial charge in [-0.2, -0.15) is 5.10 Å². The third-order valence-electron chi connectivity index (χ3n) is 4.13. The number of aromatic nitrogens is 2. The number of hydrogen-bond donors (Lipinski definition) is 2. The van der Waals surface area contributed by atoms with Crippen LogP contribution >= 0.6 is 11.6 Å². The van der Waals surface area contributed by atoms with Gasteiger partial charge in [-0.1, -0.05) is 17.7 Å². The smallest absolute Gasteiger partial charge is 0.228 e. The van der Waals surface area contributed by atoms with Crippen molar-refractivity contribution in [2.45, 2.75) is 31.8 Å². The van der Waals surface area contributed by atoms with Gasteiger partial charge in [0.15, 0.2) is 0 Å². The molecular weight excluding hydrogens is 319 g/mol. The Morgan fingerprint density at radius 1 is 1.43 bits per heavy atom. The van der Waals surface area contributed by atoms with E-state index in [2.05, 4.69) is 10.4 Å². The molecule has 1 amide bonds. The zero-order chi connectivity index (χ0) is 16.4. The summed E-state index contributed by atoms with van der Waals surface area (Å²) < 4.78 is 15.1. The van der Waals surface area contributed by atoms with Crippen molar-refractivity contribution in [1.82, 2.24) is 9.78 Å². The normalized spacial score (nSPS) is 20.7. The van der Waals surface area contributed by atoms with E-state index in [0.717, 1.165) is 12.8 Å². The molecule has 1 fully saturated rings. The second-order valence-electron chi connectivity index (χ2n) is 5.88. The van der Waals surface area contributed by atoms with E-state index in [-0.39, 0.29) is 22.9 Å². The van der Waals surface area contributed by atoms with Crippen LogP contribution < -0.4 is 11.1 Å². The molecule has 1 saturated carbocycles. The zero-order valence-electron chi connectivity index (χ0n) is 12.5. The van der Waals surface area contributed by atoms with Crippen LogP contribution in [0.2, 0.25) is 5.02 Å². The van der Waals surface area contributed by atoms with Gasteiger partial charge >= 0.3 is 0 Å². The number of carbonyl (C=O) groups is 1. The number of anilines is 1. The molecule has 1 aromatic heterocycles. The van der Waals surface area contributed by atoms with Crippen LogP contribution in [0.4, 0.5) is 10.2 Å². The molecule has 0 bridgehead atoms. The van der Waals surface area contributed by atoms with E-state index in [9.17, 15) is 9.18 Å². The van der Waals surface area contributed by atoms with Crippen LogP contribution in [0.15, 0.2) is 30.5 Å². The lowest BCUT2D eigenvalue weighted by atomic mass is 10.1. The summed E-state index contributed by atoms with van der Waals surface area (Å²) in [6.45, 7) is 0.348. The van der Waals surface area contributed by atoms with Crippen molar-refractivity contribution in [1.29, 1.82) is 0 Å². The Balaban J connectivity index is 1.69. The maximum atomic E-state index is 13.5. The Kier molecular flexibility index (Phi) is 4.63.